The van der Waals surface area contributed by atoms with Gasteiger partial charge in [0.25, 0.3) is 5.91 Å². The van der Waals surface area contributed by atoms with Gasteiger partial charge in [0.1, 0.15) is 5.69 Å². The summed E-state index contributed by atoms with van der Waals surface area (Å²) in [5, 5.41) is 3.87. The minimum atomic E-state index is -0.156. The third-order valence-electron chi connectivity index (χ3n) is 3.60. The van der Waals surface area contributed by atoms with Gasteiger partial charge in [0.15, 0.2) is 0 Å². The van der Waals surface area contributed by atoms with Crippen LogP contribution in [0.3, 0.4) is 0 Å². The molecule has 0 fully saturated rings. The van der Waals surface area contributed by atoms with E-state index in [1.807, 2.05) is 31.2 Å². The number of rotatable bonds is 6. The van der Waals surface area contributed by atoms with E-state index >= 15 is 0 Å². The molecule has 0 radical (unpaired) electrons. The quantitative estimate of drug-likeness (QED) is 0.798. The normalized spacial score (nSPS) is 12.3. The molecule has 0 aliphatic heterocycles. The summed E-state index contributed by atoms with van der Waals surface area (Å²) in [5.74, 6) is -0.156. The molecule has 1 unspecified atom stereocenters. The van der Waals surface area contributed by atoms with Gasteiger partial charge in [-0.3, -0.25) is 4.79 Å². The van der Waals surface area contributed by atoms with Crippen molar-refractivity contribution >= 4 is 22.5 Å². The number of nitrogens with two attached hydrogens (primary N) is 1. The van der Waals surface area contributed by atoms with Gasteiger partial charge in [-0.05, 0) is 25.5 Å². The summed E-state index contributed by atoms with van der Waals surface area (Å²) in [4.78, 5) is 16.6. The Kier molecular flexibility index (Phi) is 5.14. The summed E-state index contributed by atoms with van der Waals surface area (Å²) in [6.07, 6.45) is 4.50. The Balaban J connectivity index is 2.09. The number of pyridine rings is 1. The lowest BCUT2D eigenvalue weighted by Crippen LogP contribution is -2.33. The first-order valence-electron chi connectivity index (χ1n) is 7.58. The summed E-state index contributed by atoms with van der Waals surface area (Å²) in [6, 6.07) is 9.38. The molecule has 112 valence electrons. The fourth-order valence-corrected chi connectivity index (χ4v) is 2.39. The van der Waals surface area contributed by atoms with E-state index in [-0.39, 0.29) is 11.9 Å². The molecule has 0 saturated carbocycles. The topological polar surface area (TPSA) is 68.0 Å². The zero-order chi connectivity index (χ0) is 15.2. The second kappa shape index (κ2) is 7.07. The van der Waals surface area contributed by atoms with Gasteiger partial charge >= 0.3 is 0 Å². The number of nitrogens with zero attached hydrogens (tertiary/aromatic N) is 1. The molecule has 0 bridgehead atoms. The van der Waals surface area contributed by atoms with Crippen LogP contribution in [0, 0.1) is 0 Å². The summed E-state index contributed by atoms with van der Waals surface area (Å²) >= 11 is 0. The molecule has 0 aliphatic carbocycles. The van der Waals surface area contributed by atoms with Crippen LogP contribution in [0.15, 0.2) is 30.3 Å². The van der Waals surface area contributed by atoms with Crippen LogP contribution in [-0.2, 0) is 0 Å². The van der Waals surface area contributed by atoms with Crippen molar-refractivity contribution in [1.82, 2.24) is 10.3 Å². The van der Waals surface area contributed by atoms with Crippen molar-refractivity contribution in [2.75, 3.05) is 5.73 Å². The fourth-order valence-electron chi connectivity index (χ4n) is 2.39. The van der Waals surface area contributed by atoms with E-state index in [9.17, 15) is 4.79 Å². The van der Waals surface area contributed by atoms with Gasteiger partial charge in [-0.2, -0.15) is 0 Å². The van der Waals surface area contributed by atoms with Crippen LogP contribution in [0.25, 0.3) is 10.9 Å². The van der Waals surface area contributed by atoms with Gasteiger partial charge in [0.2, 0.25) is 0 Å². The molecule has 0 aliphatic rings. The molecule has 0 saturated heterocycles. The standard InChI is InChI=1S/C17H23N3O/c1-3-4-5-8-12(2)19-17(21)16-11-14(18)13-9-6-7-10-15(13)20-16/h6-7,9-12H,3-5,8H2,1-2H3,(H2,18,20)(H,19,21). The zero-order valence-electron chi connectivity index (χ0n) is 12.7. The molecule has 0 spiro atoms. The minimum absolute atomic E-state index is 0.151. The average molecular weight is 285 g/mol. The first kappa shape index (κ1) is 15.3. The van der Waals surface area contributed by atoms with E-state index in [0.717, 1.165) is 23.7 Å². The molecule has 1 atom stereocenters. The highest BCUT2D eigenvalue weighted by Crippen LogP contribution is 2.20. The second-order valence-corrected chi connectivity index (χ2v) is 5.48. The lowest BCUT2D eigenvalue weighted by atomic mass is 10.1. The lowest BCUT2D eigenvalue weighted by Gasteiger charge is -2.14. The van der Waals surface area contributed by atoms with Crippen molar-refractivity contribution in [3.05, 3.63) is 36.0 Å². The van der Waals surface area contributed by atoms with Crippen molar-refractivity contribution in [3.63, 3.8) is 0 Å². The number of hydrogen-bond acceptors (Lipinski definition) is 3. The van der Waals surface area contributed by atoms with E-state index < -0.39 is 0 Å². The Hall–Kier alpha value is -2.10. The van der Waals surface area contributed by atoms with Crippen LogP contribution < -0.4 is 11.1 Å². The fraction of sp³-hybridized carbons (Fsp3) is 0.412. The van der Waals surface area contributed by atoms with Crippen molar-refractivity contribution < 1.29 is 4.79 Å². The molecule has 4 heteroatoms. The van der Waals surface area contributed by atoms with Crippen molar-refractivity contribution in [1.29, 1.82) is 0 Å². The summed E-state index contributed by atoms with van der Waals surface area (Å²) in [7, 11) is 0. The van der Waals surface area contributed by atoms with E-state index in [2.05, 4.69) is 17.2 Å². The Morgan fingerprint density at radius 2 is 2.10 bits per heavy atom. The van der Waals surface area contributed by atoms with E-state index in [4.69, 9.17) is 5.73 Å². The van der Waals surface area contributed by atoms with Crippen LogP contribution in [0.4, 0.5) is 5.69 Å². The van der Waals surface area contributed by atoms with Crippen LogP contribution in [0.1, 0.15) is 50.0 Å². The molecule has 4 nitrogen and oxygen atoms in total. The Morgan fingerprint density at radius 1 is 1.33 bits per heavy atom. The van der Waals surface area contributed by atoms with E-state index in [1.54, 1.807) is 6.07 Å². The maximum Gasteiger partial charge on any atom is 0.270 e. The zero-order valence-corrected chi connectivity index (χ0v) is 12.7. The first-order chi connectivity index (χ1) is 10.1. The number of anilines is 1. The van der Waals surface area contributed by atoms with Crippen molar-refractivity contribution in [2.45, 2.75) is 45.6 Å². The number of carbonyl (C=O) groups is 1. The largest absolute Gasteiger partial charge is 0.398 e. The number of amides is 1. The van der Waals surface area contributed by atoms with Gasteiger partial charge in [0.05, 0.1) is 5.52 Å². The van der Waals surface area contributed by atoms with Crippen molar-refractivity contribution in [2.24, 2.45) is 0 Å². The number of nitrogens with one attached hydrogen (secondary N) is 1. The average Bonchev–Trinajstić information content (AvgIpc) is 2.47. The highest BCUT2D eigenvalue weighted by atomic mass is 16.1. The predicted molar refractivity (Wildman–Crippen MR) is 87.2 cm³/mol. The van der Waals surface area contributed by atoms with Gasteiger partial charge in [-0.25, -0.2) is 4.98 Å². The molecule has 1 amide bonds. The Labute approximate surface area is 125 Å². The second-order valence-electron chi connectivity index (χ2n) is 5.48. The number of carbonyl (C=O) groups excluding carboxylic acids is 1. The van der Waals surface area contributed by atoms with Gasteiger partial charge in [-0.15, -0.1) is 0 Å². The highest BCUT2D eigenvalue weighted by Gasteiger charge is 2.13. The molecule has 3 N–H and O–H groups in total. The summed E-state index contributed by atoms with van der Waals surface area (Å²) in [6.45, 7) is 4.20. The maximum absolute atomic E-state index is 12.3. The smallest absolute Gasteiger partial charge is 0.270 e. The van der Waals surface area contributed by atoms with E-state index in [1.165, 1.54) is 12.8 Å². The number of aromatic nitrogens is 1. The number of nitrogen functional groups attached to an aromatic ring is 1. The number of unbranched alkanes of at least 4 members (excludes halogenated alkanes) is 2. The molecule has 1 heterocycles. The molecule has 2 rings (SSSR count). The maximum atomic E-state index is 12.3. The highest BCUT2D eigenvalue weighted by molar-refractivity contribution is 5.99. The first-order valence-corrected chi connectivity index (χ1v) is 7.58. The van der Waals surface area contributed by atoms with E-state index in [0.29, 0.717) is 11.4 Å². The molecular weight excluding hydrogens is 262 g/mol. The molecular formula is C17H23N3O. The SMILES string of the molecule is CCCCCC(C)NC(=O)c1cc(N)c2ccccc2n1. The van der Waals surface area contributed by atoms with Gasteiger partial charge < -0.3 is 11.1 Å². The third-order valence-corrected chi connectivity index (χ3v) is 3.60. The Morgan fingerprint density at radius 3 is 2.86 bits per heavy atom. The van der Waals surface area contributed by atoms with Gasteiger partial charge in [0, 0.05) is 17.1 Å². The van der Waals surface area contributed by atoms with Gasteiger partial charge in [-0.1, -0.05) is 44.4 Å². The molecule has 21 heavy (non-hydrogen) atoms. The van der Waals surface area contributed by atoms with Crippen LogP contribution in [-0.4, -0.2) is 16.9 Å². The van der Waals surface area contributed by atoms with Crippen LogP contribution >= 0.6 is 0 Å². The molecule has 2 aromatic rings. The number of para-hydroxylation sites is 1. The van der Waals surface area contributed by atoms with Crippen molar-refractivity contribution in [3.8, 4) is 0 Å². The van der Waals surface area contributed by atoms with Crippen LogP contribution in [0.5, 0.6) is 0 Å². The number of benzene rings is 1. The van der Waals surface area contributed by atoms with Crippen LogP contribution in [0.2, 0.25) is 0 Å². The third kappa shape index (κ3) is 3.94. The summed E-state index contributed by atoms with van der Waals surface area (Å²) < 4.78 is 0. The Bertz CT molecular complexity index is 624. The monoisotopic (exact) mass is 285 g/mol. The lowest BCUT2D eigenvalue weighted by molar-refractivity contribution is 0.0933. The molecule has 1 aromatic heterocycles. The minimum Gasteiger partial charge on any atom is -0.398 e. The summed E-state index contributed by atoms with van der Waals surface area (Å²) in [5.41, 5.74) is 7.73. The molecule has 1 aromatic carbocycles. The number of fused-ring (bicyclic) bond motifs is 1. The predicted octanol–water partition coefficient (Wildman–Crippen LogP) is 3.52. The number of hydrogen-bond donors (Lipinski definition) is 2.